The molecule has 28 heavy (non-hydrogen) atoms. The SMILES string of the molecule is O=C(c1ccccc1)c1ccc2nc(Cc3cc(Br)ccc3F)c(=O)[nH]c2c1. The second kappa shape index (κ2) is 7.48. The Hall–Kier alpha value is -3.12. The second-order valence-corrected chi connectivity index (χ2v) is 7.27. The first-order chi connectivity index (χ1) is 13.5. The van der Waals surface area contributed by atoms with Crippen LogP contribution in [0.4, 0.5) is 4.39 Å². The number of hydrogen-bond acceptors (Lipinski definition) is 3. The smallest absolute Gasteiger partial charge is 0.270 e. The number of carbonyl (C=O) groups is 1. The molecule has 4 rings (SSSR count). The van der Waals surface area contributed by atoms with Gasteiger partial charge in [0.25, 0.3) is 5.56 Å². The van der Waals surface area contributed by atoms with Crippen molar-refractivity contribution in [1.29, 1.82) is 0 Å². The highest BCUT2D eigenvalue weighted by molar-refractivity contribution is 9.10. The van der Waals surface area contributed by atoms with E-state index in [1.165, 1.54) is 6.07 Å². The number of rotatable bonds is 4. The molecular weight excluding hydrogens is 423 g/mol. The summed E-state index contributed by atoms with van der Waals surface area (Å²) < 4.78 is 14.7. The van der Waals surface area contributed by atoms with Gasteiger partial charge in [0.05, 0.1) is 11.0 Å². The van der Waals surface area contributed by atoms with Crippen LogP contribution in [0, 0.1) is 5.82 Å². The van der Waals surface area contributed by atoms with Crippen molar-refractivity contribution in [2.75, 3.05) is 0 Å². The van der Waals surface area contributed by atoms with E-state index in [4.69, 9.17) is 0 Å². The predicted molar refractivity (Wildman–Crippen MR) is 109 cm³/mol. The minimum atomic E-state index is -0.406. The number of fused-ring (bicyclic) bond motifs is 1. The van der Waals surface area contributed by atoms with Gasteiger partial charge in [-0.1, -0.05) is 46.3 Å². The van der Waals surface area contributed by atoms with Crippen LogP contribution in [0.3, 0.4) is 0 Å². The molecule has 138 valence electrons. The minimum Gasteiger partial charge on any atom is -0.319 e. The van der Waals surface area contributed by atoms with Gasteiger partial charge >= 0.3 is 0 Å². The standard InChI is InChI=1S/C22H14BrFN2O2/c23-16-7-8-17(24)15(10-16)12-20-22(28)26-19-11-14(6-9-18(19)25-20)21(27)13-4-2-1-3-5-13/h1-11H,12H2,(H,26,28). The molecule has 0 saturated heterocycles. The van der Waals surface area contributed by atoms with E-state index in [0.29, 0.717) is 27.7 Å². The molecule has 0 radical (unpaired) electrons. The molecule has 0 fully saturated rings. The van der Waals surface area contributed by atoms with E-state index in [0.717, 1.165) is 4.47 Å². The number of aromatic amines is 1. The molecule has 0 bridgehead atoms. The molecule has 4 nitrogen and oxygen atoms in total. The first-order valence-corrected chi connectivity index (χ1v) is 9.37. The van der Waals surface area contributed by atoms with Crippen LogP contribution in [-0.4, -0.2) is 15.8 Å². The van der Waals surface area contributed by atoms with Crippen molar-refractivity contribution in [3.8, 4) is 0 Å². The number of hydrogen-bond donors (Lipinski definition) is 1. The van der Waals surface area contributed by atoms with Gasteiger partial charge in [0.2, 0.25) is 0 Å². The monoisotopic (exact) mass is 436 g/mol. The summed E-state index contributed by atoms with van der Waals surface area (Å²) in [5, 5.41) is 0. The summed E-state index contributed by atoms with van der Waals surface area (Å²) in [5.41, 5.74) is 2.21. The molecule has 0 unspecified atom stereocenters. The summed E-state index contributed by atoms with van der Waals surface area (Å²) in [7, 11) is 0. The first-order valence-electron chi connectivity index (χ1n) is 8.58. The second-order valence-electron chi connectivity index (χ2n) is 6.35. The molecule has 0 spiro atoms. The Bertz CT molecular complexity index is 1250. The Morgan fingerprint density at radius 1 is 1.00 bits per heavy atom. The zero-order valence-corrected chi connectivity index (χ0v) is 16.2. The third-order valence-electron chi connectivity index (χ3n) is 4.43. The Labute approximate surface area is 168 Å². The first kappa shape index (κ1) is 18.3. The molecule has 1 N–H and O–H groups in total. The number of carbonyl (C=O) groups excluding carboxylic acids is 1. The number of ketones is 1. The zero-order valence-electron chi connectivity index (χ0n) is 14.6. The van der Waals surface area contributed by atoms with E-state index in [-0.39, 0.29) is 17.9 Å². The summed E-state index contributed by atoms with van der Waals surface area (Å²) in [5.74, 6) is -0.531. The van der Waals surface area contributed by atoms with Crippen LogP contribution >= 0.6 is 15.9 Å². The minimum absolute atomic E-state index is 0.0707. The van der Waals surface area contributed by atoms with E-state index in [1.807, 2.05) is 6.07 Å². The highest BCUT2D eigenvalue weighted by atomic mass is 79.9. The molecule has 0 amide bonds. The van der Waals surface area contributed by atoms with Gasteiger partial charge in [0.1, 0.15) is 11.5 Å². The van der Waals surface area contributed by atoms with Crippen molar-refractivity contribution >= 4 is 32.7 Å². The van der Waals surface area contributed by atoms with E-state index in [1.54, 1.807) is 54.6 Å². The van der Waals surface area contributed by atoms with Crippen LogP contribution in [0.15, 0.2) is 76.0 Å². The van der Waals surface area contributed by atoms with Crippen LogP contribution in [0.2, 0.25) is 0 Å². The summed E-state index contributed by atoms with van der Waals surface area (Å²) in [6.07, 6.45) is 0.0707. The lowest BCUT2D eigenvalue weighted by Gasteiger charge is -2.06. The maximum Gasteiger partial charge on any atom is 0.270 e. The number of nitrogens with one attached hydrogen (secondary N) is 1. The van der Waals surface area contributed by atoms with Crippen LogP contribution in [0.25, 0.3) is 11.0 Å². The highest BCUT2D eigenvalue weighted by Crippen LogP contribution is 2.19. The quantitative estimate of drug-likeness (QED) is 0.473. The topological polar surface area (TPSA) is 62.8 Å². The number of aromatic nitrogens is 2. The largest absolute Gasteiger partial charge is 0.319 e. The Balaban J connectivity index is 1.71. The fourth-order valence-electron chi connectivity index (χ4n) is 3.00. The van der Waals surface area contributed by atoms with Crippen molar-refractivity contribution in [3.63, 3.8) is 0 Å². The molecular formula is C22H14BrFN2O2. The molecule has 1 heterocycles. The zero-order chi connectivity index (χ0) is 19.7. The van der Waals surface area contributed by atoms with Gasteiger partial charge in [-0.15, -0.1) is 0 Å². The van der Waals surface area contributed by atoms with E-state index >= 15 is 0 Å². The number of nitrogens with zero attached hydrogens (tertiary/aromatic N) is 1. The Morgan fingerprint density at radius 3 is 2.57 bits per heavy atom. The van der Waals surface area contributed by atoms with Crippen molar-refractivity contribution in [2.24, 2.45) is 0 Å². The Morgan fingerprint density at radius 2 is 1.79 bits per heavy atom. The van der Waals surface area contributed by atoms with Gasteiger partial charge in [0.15, 0.2) is 5.78 Å². The number of halogens is 2. The van der Waals surface area contributed by atoms with Crippen molar-refractivity contribution < 1.29 is 9.18 Å². The average Bonchev–Trinajstić information content (AvgIpc) is 2.71. The van der Waals surface area contributed by atoms with Gasteiger partial charge in [0, 0.05) is 22.0 Å². The fourth-order valence-corrected chi connectivity index (χ4v) is 3.41. The van der Waals surface area contributed by atoms with Crippen LogP contribution in [0.1, 0.15) is 27.2 Å². The lowest BCUT2D eigenvalue weighted by molar-refractivity contribution is 0.103. The van der Waals surface area contributed by atoms with Gasteiger partial charge < -0.3 is 4.98 Å². The molecule has 0 aliphatic carbocycles. The normalized spacial score (nSPS) is 10.9. The van der Waals surface area contributed by atoms with Crippen LogP contribution in [-0.2, 0) is 6.42 Å². The van der Waals surface area contributed by atoms with Crippen molar-refractivity contribution in [3.05, 3.63) is 110 Å². The Kier molecular flexibility index (Phi) is 4.88. The third kappa shape index (κ3) is 3.64. The van der Waals surface area contributed by atoms with Crippen molar-refractivity contribution in [1.82, 2.24) is 9.97 Å². The summed E-state index contributed by atoms with van der Waals surface area (Å²) in [4.78, 5) is 32.2. The van der Waals surface area contributed by atoms with Gasteiger partial charge in [-0.2, -0.15) is 0 Å². The molecule has 0 atom stereocenters. The molecule has 6 heteroatoms. The molecule has 0 saturated carbocycles. The van der Waals surface area contributed by atoms with Gasteiger partial charge in [-0.25, -0.2) is 9.37 Å². The van der Waals surface area contributed by atoms with Gasteiger partial charge in [-0.05, 0) is 42.0 Å². The summed E-state index contributed by atoms with van der Waals surface area (Å²) in [6, 6.07) is 18.5. The molecule has 0 aliphatic heterocycles. The molecule has 4 aromatic rings. The van der Waals surface area contributed by atoms with E-state index in [9.17, 15) is 14.0 Å². The highest BCUT2D eigenvalue weighted by Gasteiger charge is 2.13. The fraction of sp³-hybridized carbons (Fsp3) is 0.0455. The average molecular weight is 437 g/mol. The third-order valence-corrected chi connectivity index (χ3v) is 4.92. The van der Waals surface area contributed by atoms with Crippen LogP contribution < -0.4 is 5.56 Å². The number of H-pyrrole nitrogens is 1. The summed E-state index contributed by atoms with van der Waals surface area (Å²) >= 11 is 3.30. The maximum absolute atomic E-state index is 14.0. The number of benzene rings is 3. The summed E-state index contributed by atoms with van der Waals surface area (Å²) in [6.45, 7) is 0. The lowest BCUT2D eigenvalue weighted by Crippen LogP contribution is -2.16. The van der Waals surface area contributed by atoms with E-state index < -0.39 is 11.4 Å². The lowest BCUT2D eigenvalue weighted by atomic mass is 10.0. The van der Waals surface area contributed by atoms with E-state index in [2.05, 4.69) is 25.9 Å². The predicted octanol–water partition coefficient (Wildman–Crippen LogP) is 4.65. The molecule has 3 aromatic carbocycles. The maximum atomic E-state index is 14.0. The molecule has 0 aliphatic rings. The van der Waals surface area contributed by atoms with Gasteiger partial charge in [-0.3, -0.25) is 9.59 Å². The van der Waals surface area contributed by atoms with Crippen molar-refractivity contribution in [2.45, 2.75) is 6.42 Å². The van der Waals surface area contributed by atoms with Crippen LogP contribution in [0.5, 0.6) is 0 Å². The molecule has 1 aromatic heterocycles.